The van der Waals surface area contributed by atoms with Crippen LogP contribution in [0.4, 0.5) is 0 Å². The van der Waals surface area contributed by atoms with Gasteiger partial charge in [0.25, 0.3) is 0 Å². The summed E-state index contributed by atoms with van der Waals surface area (Å²) in [7, 11) is 1.36. The lowest BCUT2D eigenvalue weighted by Crippen LogP contribution is -2.29. The Kier molecular flexibility index (Phi) is 6.32. The van der Waals surface area contributed by atoms with Crippen molar-refractivity contribution in [3.05, 3.63) is 16.1 Å². The largest absolute Gasteiger partial charge is 0.464 e. The maximum atomic E-state index is 11.4. The Hall–Kier alpha value is -0.300. The van der Waals surface area contributed by atoms with Crippen LogP contribution < -0.4 is 5.32 Å². The van der Waals surface area contributed by atoms with Crippen LogP contribution in [0.5, 0.6) is 0 Å². The number of ether oxygens (including phenoxy) is 1. The molecule has 2 heterocycles. The van der Waals surface area contributed by atoms with Gasteiger partial charge in [-0.25, -0.2) is 9.78 Å². The van der Waals surface area contributed by atoms with E-state index in [2.05, 4.69) is 31.0 Å². The normalized spacial score (nSPS) is 13.1. The van der Waals surface area contributed by atoms with Gasteiger partial charge in [0.1, 0.15) is 0 Å². The molecule has 1 aromatic rings. The molecule has 1 N–H and O–H groups in total. The smallest absolute Gasteiger partial charge is 0.358 e. The van der Waals surface area contributed by atoms with Gasteiger partial charge in [0.05, 0.1) is 12.8 Å². The lowest BCUT2D eigenvalue weighted by Gasteiger charge is -2.16. The van der Waals surface area contributed by atoms with Crippen LogP contribution in [-0.4, -0.2) is 29.2 Å². The van der Waals surface area contributed by atoms with Crippen LogP contribution in [-0.2, 0) is 17.8 Å². The number of nitrogens with zero attached hydrogens (tertiary/aromatic N) is 2. The molecule has 92 valence electrons. The lowest BCUT2D eigenvalue weighted by molar-refractivity contribution is 0.0592. The number of fused-ring (bicyclic) bond motifs is 1. The molecular formula is C8H12BrCl2N3O2. The number of halogens is 3. The quantitative estimate of drug-likeness (QED) is 0.789. The van der Waals surface area contributed by atoms with Gasteiger partial charge in [0.15, 0.2) is 10.4 Å². The van der Waals surface area contributed by atoms with Crippen LogP contribution in [0.2, 0.25) is 0 Å². The molecule has 0 aromatic carbocycles. The predicted octanol–water partition coefficient (Wildman–Crippen LogP) is 1.38. The van der Waals surface area contributed by atoms with Crippen molar-refractivity contribution in [2.24, 2.45) is 0 Å². The summed E-state index contributed by atoms with van der Waals surface area (Å²) in [6, 6.07) is 0. The second-order valence-corrected chi connectivity index (χ2v) is 3.71. The third-order valence-corrected chi connectivity index (χ3v) is 2.81. The Morgan fingerprint density at radius 1 is 1.56 bits per heavy atom. The average molecular weight is 333 g/mol. The van der Waals surface area contributed by atoms with E-state index < -0.39 is 0 Å². The maximum absolute atomic E-state index is 11.4. The molecule has 0 atom stereocenters. The number of nitrogens with one attached hydrogen (secondary N) is 1. The Morgan fingerprint density at radius 2 is 2.25 bits per heavy atom. The van der Waals surface area contributed by atoms with E-state index in [0.29, 0.717) is 17.0 Å². The summed E-state index contributed by atoms with van der Waals surface area (Å²) in [6.45, 7) is 2.37. The average Bonchev–Trinajstić information content (AvgIpc) is 2.56. The highest BCUT2D eigenvalue weighted by molar-refractivity contribution is 9.10. The molecule has 5 nitrogen and oxygen atoms in total. The molecule has 16 heavy (non-hydrogen) atoms. The van der Waals surface area contributed by atoms with Gasteiger partial charge in [0.2, 0.25) is 0 Å². The Labute approximate surface area is 114 Å². The van der Waals surface area contributed by atoms with E-state index in [-0.39, 0.29) is 30.8 Å². The number of esters is 1. The van der Waals surface area contributed by atoms with E-state index >= 15 is 0 Å². The van der Waals surface area contributed by atoms with Gasteiger partial charge in [-0.05, 0) is 15.9 Å². The molecule has 0 spiro atoms. The number of hydrogen-bond donors (Lipinski definition) is 1. The fraction of sp³-hybridized carbons (Fsp3) is 0.500. The summed E-state index contributed by atoms with van der Waals surface area (Å²) in [5, 5.41) is 3.18. The van der Waals surface area contributed by atoms with Crippen molar-refractivity contribution in [3.63, 3.8) is 0 Å². The highest BCUT2D eigenvalue weighted by atomic mass is 79.9. The van der Waals surface area contributed by atoms with Gasteiger partial charge in [-0.3, -0.25) is 0 Å². The minimum Gasteiger partial charge on any atom is -0.464 e. The number of methoxy groups -OCH3 is 1. The molecule has 0 aliphatic carbocycles. The van der Waals surface area contributed by atoms with Gasteiger partial charge in [-0.1, -0.05) is 0 Å². The number of aromatic nitrogens is 2. The maximum Gasteiger partial charge on any atom is 0.358 e. The summed E-state index contributed by atoms with van der Waals surface area (Å²) in [5.74, 6) is -0.386. The van der Waals surface area contributed by atoms with Gasteiger partial charge < -0.3 is 14.6 Å². The molecule has 0 amide bonds. The summed E-state index contributed by atoms with van der Waals surface area (Å²) >= 11 is 3.32. The topological polar surface area (TPSA) is 56.1 Å². The second-order valence-electron chi connectivity index (χ2n) is 3.00. The Morgan fingerprint density at radius 3 is 2.88 bits per heavy atom. The first-order valence-electron chi connectivity index (χ1n) is 4.28. The summed E-state index contributed by atoms with van der Waals surface area (Å²) in [5.41, 5.74) is 1.28. The van der Waals surface area contributed by atoms with Crippen molar-refractivity contribution < 1.29 is 9.53 Å². The Balaban J connectivity index is 0.00000112. The van der Waals surface area contributed by atoms with Crippen molar-refractivity contribution in [2.75, 3.05) is 13.7 Å². The van der Waals surface area contributed by atoms with Gasteiger partial charge in [-0.2, -0.15) is 0 Å². The third-order valence-electron chi connectivity index (χ3n) is 2.21. The van der Waals surface area contributed by atoms with E-state index in [1.165, 1.54) is 7.11 Å². The Bertz CT molecular complexity index is 384. The highest BCUT2D eigenvalue weighted by Gasteiger charge is 2.23. The molecule has 1 aliphatic rings. The van der Waals surface area contributed by atoms with E-state index in [4.69, 9.17) is 0 Å². The van der Waals surface area contributed by atoms with Crippen molar-refractivity contribution in [2.45, 2.75) is 13.1 Å². The number of carbonyl (C=O) groups excluding carboxylic acids is 1. The van der Waals surface area contributed by atoms with E-state index in [1.54, 1.807) is 0 Å². The first-order valence-corrected chi connectivity index (χ1v) is 5.07. The second kappa shape index (κ2) is 6.44. The van der Waals surface area contributed by atoms with Crippen LogP contribution in [0.3, 0.4) is 0 Å². The van der Waals surface area contributed by atoms with Gasteiger partial charge >= 0.3 is 5.97 Å². The first-order chi connectivity index (χ1) is 6.74. The first kappa shape index (κ1) is 15.7. The highest BCUT2D eigenvalue weighted by Crippen LogP contribution is 2.19. The minimum absolute atomic E-state index is 0. The predicted molar refractivity (Wildman–Crippen MR) is 67.5 cm³/mol. The minimum atomic E-state index is -0.386. The fourth-order valence-corrected chi connectivity index (χ4v) is 2.09. The van der Waals surface area contributed by atoms with Crippen LogP contribution in [0.1, 0.15) is 16.2 Å². The molecule has 1 aliphatic heterocycles. The zero-order valence-corrected chi connectivity index (χ0v) is 11.7. The molecule has 0 bridgehead atoms. The van der Waals surface area contributed by atoms with Crippen LogP contribution in [0.15, 0.2) is 4.73 Å². The molecule has 0 saturated carbocycles. The van der Waals surface area contributed by atoms with Crippen LogP contribution in [0.25, 0.3) is 0 Å². The standard InChI is InChI=1S/C8H10BrN3O2.2ClH/c1-14-7(13)6-5-4-10-2-3-12(5)8(9)11-6;;/h10H,2-4H2,1H3;2*1H. The monoisotopic (exact) mass is 331 g/mol. The molecule has 8 heteroatoms. The van der Waals surface area contributed by atoms with Crippen molar-refractivity contribution >= 4 is 46.7 Å². The van der Waals surface area contributed by atoms with Gasteiger partial charge in [0, 0.05) is 19.6 Å². The molecule has 0 radical (unpaired) electrons. The lowest BCUT2D eigenvalue weighted by atomic mass is 10.3. The van der Waals surface area contributed by atoms with Crippen molar-refractivity contribution in [1.29, 1.82) is 0 Å². The molecule has 0 unspecified atom stereocenters. The van der Waals surface area contributed by atoms with Crippen LogP contribution in [0, 0.1) is 0 Å². The van der Waals surface area contributed by atoms with Crippen LogP contribution >= 0.6 is 40.7 Å². The summed E-state index contributed by atoms with van der Waals surface area (Å²) < 4.78 is 7.32. The van der Waals surface area contributed by atoms with Gasteiger partial charge in [-0.15, -0.1) is 24.8 Å². The zero-order valence-electron chi connectivity index (χ0n) is 8.53. The van der Waals surface area contributed by atoms with E-state index in [9.17, 15) is 4.79 Å². The van der Waals surface area contributed by atoms with Crippen molar-refractivity contribution in [1.82, 2.24) is 14.9 Å². The molecule has 0 fully saturated rings. The van der Waals surface area contributed by atoms with Crippen molar-refractivity contribution in [3.8, 4) is 0 Å². The number of rotatable bonds is 1. The SMILES string of the molecule is COC(=O)c1nc(Br)n2c1CNCC2.Cl.Cl. The number of hydrogen-bond acceptors (Lipinski definition) is 4. The zero-order chi connectivity index (χ0) is 10.1. The summed E-state index contributed by atoms with van der Waals surface area (Å²) in [6.07, 6.45) is 0. The fourth-order valence-electron chi connectivity index (χ4n) is 1.52. The van der Waals surface area contributed by atoms with E-state index in [1.807, 2.05) is 4.57 Å². The third kappa shape index (κ3) is 2.68. The van der Waals surface area contributed by atoms with E-state index in [0.717, 1.165) is 18.8 Å². The molecule has 2 rings (SSSR count). The molecule has 1 aromatic heterocycles. The summed E-state index contributed by atoms with van der Waals surface area (Å²) in [4.78, 5) is 15.5. The molecular weight excluding hydrogens is 321 g/mol. The molecule has 0 saturated heterocycles. The number of carbonyl (C=O) groups is 1. The number of imidazole rings is 1.